The lowest BCUT2D eigenvalue weighted by atomic mass is 9.75. The highest BCUT2D eigenvalue weighted by Gasteiger charge is 2.37. The average Bonchev–Trinajstić information content (AvgIpc) is 3.05. The third-order valence-corrected chi connectivity index (χ3v) is 6.52. The van der Waals surface area contributed by atoms with Crippen molar-refractivity contribution >= 4 is 10.0 Å². The fraction of sp³-hybridized carbons (Fsp3) is 0.368. The van der Waals surface area contributed by atoms with Gasteiger partial charge in [-0.15, -0.1) is 0 Å². The molecule has 1 heterocycles. The van der Waals surface area contributed by atoms with Crippen molar-refractivity contribution in [3.05, 3.63) is 59.4 Å². The van der Waals surface area contributed by atoms with Crippen molar-refractivity contribution in [2.75, 3.05) is 6.61 Å². The molecule has 2 N–H and O–H groups in total. The highest BCUT2D eigenvalue weighted by molar-refractivity contribution is 7.89. The van der Waals surface area contributed by atoms with E-state index in [-0.39, 0.29) is 10.8 Å². The summed E-state index contributed by atoms with van der Waals surface area (Å²) in [6.07, 6.45) is 1.45. The van der Waals surface area contributed by atoms with Crippen LogP contribution in [0.1, 0.15) is 30.0 Å². The van der Waals surface area contributed by atoms with Crippen molar-refractivity contribution < 1.29 is 22.7 Å². The van der Waals surface area contributed by atoms with E-state index in [0.717, 1.165) is 29.4 Å². The molecule has 7 heteroatoms. The molecule has 4 rings (SSSR count). The molecule has 0 aromatic heterocycles. The number of sulfonamides is 1. The molecule has 0 saturated heterocycles. The van der Waals surface area contributed by atoms with Crippen LogP contribution >= 0.6 is 0 Å². The molecule has 0 spiro atoms. The summed E-state index contributed by atoms with van der Waals surface area (Å²) < 4.78 is 47.2. The number of nitrogens with one attached hydrogen (secondary N) is 1. The number of halogens is 1. The fourth-order valence-corrected chi connectivity index (χ4v) is 4.93. The zero-order chi connectivity index (χ0) is 18.3. The molecule has 1 atom stereocenters. The second kappa shape index (κ2) is 6.64. The van der Waals surface area contributed by atoms with Crippen molar-refractivity contribution in [2.24, 2.45) is 5.92 Å². The molecule has 0 radical (unpaired) electrons. The van der Waals surface area contributed by atoms with E-state index in [4.69, 9.17) is 4.74 Å². The van der Waals surface area contributed by atoms with Gasteiger partial charge in [-0.3, -0.25) is 0 Å². The molecular formula is C19H20FNO4S. The second-order valence-corrected chi connectivity index (χ2v) is 8.62. The van der Waals surface area contributed by atoms with E-state index in [0.29, 0.717) is 19.4 Å². The molecule has 1 aliphatic carbocycles. The lowest BCUT2D eigenvalue weighted by Crippen LogP contribution is -2.41. The summed E-state index contributed by atoms with van der Waals surface area (Å²) in [5, 5.41) is 9.67. The first-order valence-electron chi connectivity index (χ1n) is 8.64. The SMILES string of the molecule is O=S(=O)(N[C@H](c1ccc2c(c1)CCO2)C1CC(O)C1)c1cccc(F)c1. The van der Waals surface area contributed by atoms with Crippen LogP contribution in [-0.2, 0) is 16.4 Å². The second-order valence-electron chi connectivity index (χ2n) is 6.91. The van der Waals surface area contributed by atoms with Gasteiger partial charge >= 0.3 is 0 Å². The molecule has 0 amide bonds. The van der Waals surface area contributed by atoms with E-state index in [9.17, 15) is 17.9 Å². The van der Waals surface area contributed by atoms with Crippen molar-refractivity contribution in [3.63, 3.8) is 0 Å². The maximum Gasteiger partial charge on any atom is 0.241 e. The van der Waals surface area contributed by atoms with Crippen molar-refractivity contribution in [3.8, 4) is 5.75 Å². The Hall–Kier alpha value is -1.96. The topological polar surface area (TPSA) is 75.6 Å². The highest BCUT2D eigenvalue weighted by Crippen LogP contribution is 2.40. The van der Waals surface area contributed by atoms with Gasteiger partial charge in [0.05, 0.1) is 17.6 Å². The maximum atomic E-state index is 13.5. The van der Waals surface area contributed by atoms with Gasteiger partial charge in [-0.1, -0.05) is 18.2 Å². The van der Waals surface area contributed by atoms with Crippen molar-refractivity contribution in [2.45, 2.75) is 36.3 Å². The summed E-state index contributed by atoms with van der Waals surface area (Å²) in [5.41, 5.74) is 1.89. The Kier molecular flexibility index (Phi) is 4.46. The third kappa shape index (κ3) is 3.34. The van der Waals surface area contributed by atoms with Crippen LogP contribution in [-0.4, -0.2) is 26.2 Å². The minimum atomic E-state index is -3.89. The number of rotatable bonds is 5. The molecule has 138 valence electrons. The summed E-state index contributed by atoms with van der Waals surface area (Å²) in [6.45, 7) is 0.626. The first-order valence-corrected chi connectivity index (χ1v) is 10.1. The molecule has 0 bridgehead atoms. The Morgan fingerprint density at radius 1 is 1.19 bits per heavy atom. The Morgan fingerprint density at radius 2 is 2.00 bits per heavy atom. The normalized spacial score (nSPS) is 23.0. The minimum absolute atomic E-state index is 0.00583. The number of benzene rings is 2. The van der Waals surface area contributed by atoms with E-state index < -0.39 is 28.0 Å². The summed E-state index contributed by atoms with van der Waals surface area (Å²) >= 11 is 0. The quantitative estimate of drug-likeness (QED) is 0.840. The maximum absolute atomic E-state index is 13.5. The highest BCUT2D eigenvalue weighted by atomic mass is 32.2. The van der Waals surface area contributed by atoms with Crippen LogP contribution in [0, 0.1) is 11.7 Å². The largest absolute Gasteiger partial charge is 0.493 e. The molecule has 0 unspecified atom stereocenters. The molecule has 1 saturated carbocycles. The monoisotopic (exact) mass is 377 g/mol. The first-order chi connectivity index (χ1) is 12.4. The Balaban J connectivity index is 1.66. The number of ether oxygens (including phenoxy) is 1. The van der Waals surface area contributed by atoms with E-state index >= 15 is 0 Å². The first kappa shape index (κ1) is 17.5. The third-order valence-electron chi connectivity index (χ3n) is 5.08. The molecule has 2 aromatic carbocycles. The van der Waals surface area contributed by atoms with Gasteiger partial charge in [0.15, 0.2) is 0 Å². The fourth-order valence-electron chi connectivity index (χ4n) is 3.61. The smallest absolute Gasteiger partial charge is 0.241 e. The summed E-state index contributed by atoms with van der Waals surface area (Å²) in [5.74, 6) is 0.223. The van der Waals surface area contributed by atoms with E-state index in [1.165, 1.54) is 18.2 Å². The zero-order valence-electron chi connectivity index (χ0n) is 14.1. The average molecular weight is 377 g/mol. The number of aliphatic hydroxyl groups is 1. The molecule has 1 aliphatic heterocycles. The van der Waals surface area contributed by atoms with Gasteiger partial charge in [-0.25, -0.2) is 17.5 Å². The lowest BCUT2D eigenvalue weighted by molar-refractivity contribution is 0.0280. The molecular weight excluding hydrogens is 357 g/mol. The Morgan fingerprint density at radius 3 is 2.73 bits per heavy atom. The number of aliphatic hydroxyl groups excluding tert-OH is 1. The standard InChI is InChI=1S/C19H20FNO4S/c20-15-2-1-3-17(11-15)26(23,24)21-19(14-9-16(22)10-14)13-4-5-18-12(8-13)6-7-25-18/h1-5,8,11,14,16,19,21-22H,6-7,9-10H2/t14?,16?,19-/m1/s1. The van der Waals surface area contributed by atoms with Crippen LogP contribution in [0.2, 0.25) is 0 Å². The number of hydrogen-bond donors (Lipinski definition) is 2. The van der Waals surface area contributed by atoms with Crippen LogP contribution in [0.3, 0.4) is 0 Å². The lowest BCUT2D eigenvalue weighted by Gasteiger charge is -2.38. The van der Waals surface area contributed by atoms with Crippen molar-refractivity contribution in [1.82, 2.24) is 4.72 Å². The van der Waals surface area contributed by atoms with Gasteiger partial charge in [0, 0.05) is 12.5 Å². The van der Waals surface area contributed by atoms with Gasteiger partial charge in [-0.2, -0.15) is 0 Å². The Bertz CT molecular complexity index is 925. The minimum Gasteiger partial charge on any atom is -0.493 e. The van der Waals surface area contributed by atoms with Gasteiger partial charge in [0.1, 0.15) is 11.6 Å². The molecule has 5 nitrogen and oxygen atoms in total. The van der Waals surface area contributed by atoms with E-state index in [2.05, 4.69) is 4.72 Å². The van der Waals surface area contributed by atoms with Crippen LogP contribution in [0.4, 0.5) is 4.39 Å². The molecule has 2 aliphatic rings. The van der Waals surface area contributed by atoms with Gasteiger partial charge in [0.25, 0.3) is 0 Å². The van der Waals surface area contributed by atoms with E-state index in [1.54, 1.807) is 0 Å². The van der Waals surface area contributed by atoms with Crippen LogP contribution < -0.4 is 9.46 Å². The molecule has 1 fully saturated rings. The summed E-state index contributed by atoms with van der Waals surface area (Å²) in [7, 11) is -3.89. The molecule has 2 aromatic rings. The predicted molar refractivity (Wildman–Crippen MR) is 93.8 cm³/mol. The predicted octanol–water partition coefficient (Wildman–Crippen LogP) is 2.55. The van der Waals surface area contributed by atoms with Gasteiger partial charge < -0.3 is 9.84 Å². The zero-order valence-corrected chi connectivity index (χ0v) is 14.9. The number of fused-ring (bicyclic) bond motifs is 1. The van der Waals surface area contributed by atoms with Gasteiger partial charge in [-0.05, 0) is 54.2 Å². The van der Waals surface area contributed by atoms with Crippen LogP contribution in [0.15, 0.2) is 47.4 Å². The van der Waals surface area contributed by atoms with Crippen molar-refractivity contribution in [1.29, 1.82) is 0 Å². The van der Waals surface area contributed by atoms with Crippen LogP contribution in [0.5, 0.6) is 5.75 Å². The number of hydrogen-bond acceptors (Lipinski definition) is 4. The van der Waals surface area contributed by atoms with Crippen LogP contribution in [0.25, 0.3) is 0 Å². The van der Waals surface area contributed by atoms with Gasteiger partial charge in [0.2, 0.25) is 10.0 Å². The van der Waals surface area contributed by atoms with E-state index in [1.807, 2.05) is 18.2 Å². The summed E-state index contributed by atoms with van der Waals surface area (Å²) in [6, 6.07) is 10.2. The Labute approximate surface area is 151 Å². The molecule has 26 heavy (non-hydrogen) atoms. The summed E-state index contributed by atoms with van der Waals surface area (Å²) in [4.78, 5) is -0.105.